The largest absolute Gasteiger partial charge is 0.467 e. The fourth-order valence-corrected chi connectivity index (χ4v) is 2.42. The van der Waals surface area contributed by atoms with Crippen molar-refractivity contribution in [1.82, 2.24) is 19.5 Å². The van der Waals surface area contributed by atoms with E-state index < -0.39 is 18.4 Å². The van der Waals surface area contributed by atoms with Gasteiger partial charge in [0, 0.05) is 6.42 Å². The van der Waals surface area contributed by atoms with Gasteiger partial charge < -0.3 is 19.7 Å². The van der Waals surface area contributed by atoms with Crippen LogP contribution < -0.4 is 4.74 Å². The van der Waals surface area contributed by atoms with E-state index in [4.69, 9.17) is 26.2 Å². The fourth-order valence-electron chi connectivity index (χ4n) is 2.22. The minimum atomic E-state index is -0.735. The molecule has 9 heteroatoms. The second-order valence-corrected chi connectivity index (χ2v) is 4.80. The highest BCUT2D eigenvalue weighted by Crippen LogP contribution is 2.32. The summed E-state index contributed by atoms with van der Waals surface area (Å²) in [5, 5.41) is 19.1. The number of imidazole rings is 1. The van der Waals surface area contributed by atoms with Crippen molar-refractivity contribution in [2.75, 3.05) is 13.7 Å². The summed E-state index contributed by atoms with van der Waals surface area (Å²) < 4.78 is 12.2. The van der Waals surface area contributed by atoms with E-state index in [0.717, 1.165) is 0 Å². The van der Waals surface area contributed by atoms with Gasteiger partial charge >= 0.3 is 6.01 Å². The van der Waals surface area contributed by atoms with Crippen LogP contribution in [0.2, 0.25) is 5.15 Å². The van der Waals surface area contributed by atoms with Crippen LogP contribution in [-0.2, 0) is 4.74 Å². The van der Waals surface area contributed by atoms with Gasteiger partial charge in [-0.25, -0.2) is 4.98 Å². The number of aliphatic hydroxyl groups is 2. The van der Waals surface area contributed by atoms with Gasteiger partial charge in [0.15, 0.2) is 10.8 Å². The smallest absolute Gasteiger partial charge is 0.319 e. The fraction of sp³-hybridized carbons (Fsp3) is 0.545. The van der Waals surface area contributed by atoms with Crippen molar-refractivity contribution in [2.24, 2.45) is 0 Å². The molecule has 3 heterocycles. The quantitative estimate of drug-likeness (QED) is 0.777. The standard InChI is InChI=1S/C11H13ClN4O4/c1-19-11-14-9(12)8-10(15-11)16(4-13-8)7-2-5(18)6(3-17)20-7/h4-7,17-18H,2-3H2,1H3/t5-,6+,7+/m0/s1. The van der Waals surface area contributed by atoms with E-state index in [0.29, 0.717) is 17.6 Å². The molecule has 0 radical (unpaired) electrons. The first-order chi connectivity index (χ1) is 9.63. The van der Waals surface area contributed by atoms with Crippen LogP contribution in [0.1, 0.15) is 12.6 Å². The van der Waals surface area contributed by atoms with Crippen LogP contribution >= 0.6 is 11.6 Å². The lowest BCUT2D eigenvalue weighted by Gasteiger charge is -2.13. The lowest BCUT2D eigenvalue weighted by atomic mass is 10.2. The Labute approximate surface area is 118 Å². The molecule has 0 aromatic carbocycles. The molecule has 20 heavy (non-hydrogen) atoms. The topological polar surface area (TPSA) is 103 Å². The molecular formula is C11H13ClN4O4. The van der Waals surface area contributed by atoms with E-state index in [1.165, 1.54) is 13.4 Å². The summed E-state index contributed by atoms with van der Waals surface area (Å²) >= 11 is 6.01. The molecule has 1 aliphatic rings. The molecule has 0 saturated carbocycles. The van der Waals surface area contributed by atoms with Gasteiger partial charge in [0.2, 0.25) is 0 Å². The van der Waals surface area contributed by atoms with Crippen LogP contribution in [0.5, 0.6) is 6.01 Å². The molecule has 2 aromatic heterocycles. The van der Waals surface area contributed by atoms with Gasteiger partial charge in [0.05, 0.1) is 26.1 Å². The molecule has 0 amide bonds. The zero-order valence-corrected chi connectivity index (χ0v) is 11.4. The lowest BCUT2D eigenvalue weighted by molar-refractivity contribution is -0.0432. The summed E-state index contributed by atoms with van der Waals surface area (Å²) in [5.41, 5.74) is 0.885. The van der Waals surface area contributed by atoms with E-state index >= 15 is 0 Å². The molecule has 108 valence electrons. The van der Waals surface area contributed by atoms with Crippen molar-refractivity contribution >= 4 is 22.8 Å². The molecule has 1 fully saturated rings. The number of hydrogen-bond acceptors (Lipinski definition) is 7. The van der Waals surface area contributed by atoms with E-state index in [9.17, 15) is 5.11 Å². The Morgan fingerprint density at radius 1 is 1.55 bits per heavy atom. The van der Waals surface area contributed by atoms with Crippen molar-refractivity contribution in [1.29, 1.82) is 0 Å². The second kappa shape index (κ2) is 5.13. The molecule has 1 aliphatic heterocycles. The number of hydrogen-bond donors (Lipinski definition) is 2. The molecule has 0 aliphatic carbocycles. The number of rotatable bonds is 3. The lowest BCUT2D eigenvalue weighted by Crippen LogP contribution is -2.24. The maximum absolute atomic E-state index is 9.78. The van der Waals surface area contributed by atoms with Crippen LogP contribution in [0, 0.1) is 0 Å². The second-order valence-electron chi connectivity index (χ2n) is 4.44. The number of methoxy groups -OCH3 is 1. The van der Waals surface area contributed by atoms with Crippen molar-refractivity contribution in [3.05, 3.63) is 11.5 Å². The molecule has 2 N–H and O–H groups in total. The summed E-state index contributed by atoms with van der Waals surface area (Å²) in [7, 11) is 1.44. The van der Waals surface area contributed by atoms with Gasteiger partial charge in [0.1, 0.15) is 17.8 Å². The summed E-state index contributed by atoms with van der Waals surface area (Å²) in [6.07, 6.45) is 0.0312. The first-order valence-electron chi connectivity index (χ1n) is 6.02. The Morgan fingerprint density at radius 2 is 2.35 bits per heavy atom. The third-order valence-corrected chi connectivity index (χ3v) is 3.50. The molecule has 0 bridgehead atoms. The van der Waals surface area contributed by atoms with Crippen LogP contribution in [0.4, 0.5) is 0 Å². The van der Waals surface area contributed by atoms with Crippen molar-refractivity contribution in [3.63, 3.8) is 0 Å². The first kappa shape index (κ1) is 13.5. The maximum Gasteiger partial charge on any atom is 0.319 e. The summed E-state index contributed by atoms with van der Waals surface area (Å²) in [4.78, 5) is 12.3. The number of halogens is 1. The predicted molar refractivity (Wildman–Crippen MR) is 68.5 cm³/mol. The van der Waals surface area contributed by atoms with E-state index in [-0.39, 0.29) is 17.8 Å². The Morgan fingerprint density at radius 3 is 3.00 bits per heavy atom. The third kappa shape index (κ3) is 2.10. The Hall–Kier alpha value is -1.48. The molecule has 3 atom stereocenters. The van der Waals surface area contributed by atoms with Crippen LogP contribution in [-0.4, -0.2) is 55.7 Å². The summed E-state index contributed by atoms with van der Waals surface area (Å²) in [6, 6.07) is 0.126. The van der Waals surface area contributed by atoms with Gasteiger partial charge in [-0.05, 0) is 0 Å². The highest BCUT2D eigenvalue weighted by atomic mass is 35.5. The van der Waals surface area contributed by atoms with Crippen molar-refractivity contribution in [2.45, 2.75) is 24.9 Å². The maximum atomic E-state index is 9.78. The van der Waals surface area contributed by atoms with Crippen LogP contribution in [0.3, 0.4) is 0 Å². The zero-order chi connectivity index (χ0) is 14.3. The molecule has 3 rings (SSSR count). The summed E-state index contributed by atoms with van der Waals surface area (Å²) in [5.74, 6) is 0. The monoisotopic (exact) mass is 300 g/mol. The van der Waals surface area contributed by atoms with E-state index in [1.807, 2.05) is 0 Å². The highest BCUT2D eigenvalue weighted by molar-refractivity contribution is 6.33. The minimum Gasteiger partial charge on any atom is -0.467 e. The van der Waals surface area contributed by atoms with Gasteiger partial charge in [-0.2, -0.15) is 9.97 Å². The molecule has 2 aromatic rings. The zero-order valence-electron chi connectivity index (χ0n) is 10.6. The van der Waals surface area contributed by atoms with Crippen molar-refractivity contribution in [3.8, 4) is 6.01 Å². The Bertz CT molecular complexity index is 634. The number of aromatic nitrogens is 4. The Balaban J connectivity index is 2.02. The van der Waals surface area contributed by atoms with Gasteiger partial charge in [-0.3, -0.25) is 4.57 Å². The number of nitrogens with zero attached hydrogens (tertiary/aromatic N) is 4. The third-order valence-electron chi connectivity index (χ3n) is 3.24. The molecule has 8 nitrogen and oxygen atoms in total. The van der Waals surface area contributed by atoms with Gasteiger partial charge in [0.25, 0.3) is 0 Å². The number of ether oxygens (including phenoxy) is 2. The van der Waals surface area contributed by atoms with Crippen LogP contribution in [0.25, 0.3) is 11.2 Å². The van der Waals surface area contributed by atoms with E-state index in [2.05, 4.69) is 15.0 Å². The number of fused-ring (bicyclic) bond motifs is 1. The molecular weight excluding hydrogens is 288 g/mol. The van der Waals surface area contributed by atoms with Gasteiger partial charge in [-0.15, -0.1) is 0 Å². The van der Waals surface area contributed by atoms with Gasteiger partial charge in [-0.1, -0.05) is 11.6 Å². The minimum absolute atomic E-state index is 0.126. The Kier molecular flexibility index (Phi) is 3.47. The predicted octanol–water partition coefficient (Wildman–Crippen LogP) is 0.129. The number of aliphatic hydroxyl groups excluding tert-OH is 2. The SMILES string of the molecule is COc1nc(Cl)c2ncn([C@H]3C[C@H](O)[C@@H](CO)O3)c2n1. The molecule has 0 unspecified atom stereocenters. The normalized spacial score (nSPS) is 26.3. The average Bonchev–Trinajstić information content (AvgIpc) is 3.01. The summed E-state index contributed by atoms with van der Waals surface area (Å²) in [6.45, 7) is -0.247. The highest BCUT2D eigenvalue weighted by Gasteiger charge is 2.35. The van der Waals surface area contributed by atoms with Crippen LogP contribution in [0.15, 0.2) is 6.33 Å². The average molecular weight is 301 g/mol. The van der Waals surface area contributed by atoms with E-state index in [1.54, 1.807) is 4.57 Å². The first-order valence-corrected chi connectivity index (χ1v) is 6.40. The molecule has 1 saturated heterocycles. The van der Waals surface area contributed by atoms with Crippen molar-refractivity contribution < 1.29 is 19.7 Å². The molecule has 0 spiro atoms.